The Kier molecular flexibility index (Phi) is 2.90. The summed E-state index contributed by atoms with van der Waals surface area (Å²) < 4.78 is 5.45. The van der Waals surface area contributed by atoms with Crippen molar-refractivity contribution in [2.24, 2.45) is 5.92 Å². The number of aryl methyl sites for hydroxylation is 2. The van der Waals surface area contributed by atoms with Crippen LogP contribution >= 0.6 is 11.3 Å². The van der Waals surface area contributed by atoms with E-state index in [2.05, 4.69) is 25.1 Å². The van der Waals surface area contributed by atoms with Crippen LogP contribution in [0, 0.1) is 5.92 Å². The Morgan fingerprint density at radius 1 is 1.44 bits per heavy atom. The quantitative estimate of drug-likeness (QED) is 0.918. The van der Waals surface area contributed by atoms with E-state index in [1.165, 1.54) is 34.6 Å². The molecule has 0 saturated heterocycles. The summed E-state index contributed by atoms with van der Waals surface area (Å²) in [4.78, 5) is 2.70. The van der Waals surface area contributed by atoms with E-state index in [1.807, 2.05) is 11.3 Å². The molecule has 2 aromatic heterocycles. The van der Waals surface area contributed by atoms with Crippen molar-refractivity contribution in [1.29, 1.82) is 0 Å². The minimum atomic E-state index is 0.548. The largest absolute Gasteiger partial charge is 0.381 e. The third kappa shape index (κ3) is 1.94. The van der Waals surface area contributed by atoms with Gasteiger partial charge in [0, 0.05) is 10.4 Å². The van der Waals surface area contributed by atoms with Gasteiger partial charge >= 0.3 is 0 Å². The van der Waals surface area contributed by atoms with Gasteiger partial charge in [-0.1, -0.05) is 19.0 Å². The van der Waals surface area contributed by atoms with E-state index in [1.54, 1.807) is 0 Å². The molecule has 2 heterocycles. The molecule has 0 atom stereocenters. The molecule has 0 spiro atoms. The Balaban J connectivity index is 2.00. The van der Waals surface area contributed by atoms with Crippen LogP contribution < -0.4 is 5.73 Å². The number of hydrogen-bond donors (Lipinski definition) is 1. The van der Waals surface area contributed by atoms with Crippen molar-refractivity contribution in [2.45, 2.75) is 39.5 Å². The van der Waals surface area contributed by atoms with Gasteiger partial charge in [-0.2, -0.15) is 0 Å². The molecule has 0 aliphatic heterocycles. The molecule has 18 heavy (non-hydrogen) atoms. The zero-order valence-corrected chi connectivity index (χ0v) is 11.6. The van der Waals surface area contributed by atoms with Crippen molar-refractivity contribution < 1.29 is 4.52 Å². The van der Waals surface area contributed by atoms with Crippen LogP contribution in [0.2, 0.25) is 0 Å². The Hall–Kier alpha value is -1.29. The molecular formula is C14H18N2OS. The second kappa shape index (κ2) is 4.43. The van der Waals surface area contributed by atoms with Crippen molar-refractivity contribution in [3.63, 3.8) is 0 Å². The molecule has 1 aliphatic carbocycles. The zero-order valence-electron chi connectivity index (χ0n) is 10.8. The summed E-state index contributed by atoms with van der Waals surface area (Å²) in [5.74, 6) is 1.99. The predicted molar refractivity (Wildman–Crippen MR) is 74.8 cm³/mol. The van der Waals surface area contributed by atoms with Crippen LogP contribution in [0.1, 0.15) is 36.3 Å². The number of anilines is 1. The normalized spacial score (nSPS) is 14.4. The standard InChI is InChI=1S/C14H18N2OS/c1-8(2)6-10-13(17-16-14(10)15)12-7-9-4-3-5-11(9)18-12/h7-8H,3-6H2,1-2H3,(H2,15,16). The molecular weight excluding hydrogens is 244 g/mol. The summed E-state index contributed by atoms with van der Waals surface area (Å²) in [5, 5.41) is 3.94. The SMILES string of the molecule is CC(C)Cc1c(N)noc1-c1cc2c(s1)CCC2. The number of hydrogen-bond acceptors (Lipinski definition) is 4. The van der Waals surface area contributed by atoms with E-state index in [0.29, 0.717) is 11.7 Å². The second-order valence-corrected chi connectivity index (χ2v) is 6.52. The number of aromatic nitrogens is 1. The second-order valence-electron chi connectivity index (χ2n) is 5.39. The van der Waals surface area contributed by atoms with Crippen LogP contribution in [0.4, 0.5) is 5.82 Å². The predicted octanol–water partition coefficient (Wildman–Crippen LogP) is 3.67. The molecule has 2 N–H and O–H groups in total. The number of nitrogens with zero attached hydrogens (tertiary/aromatic N) is 1. The lowest BCUT2D eigenvalue weighted by Crippen LogP contribution is -1.98. The first-order chi connectivity index (χ1) is 8.65. The molecule has 0 aromatic carbocycles. The highest BCUT2D eigenvalue weighted by Gasteiger charge is 2.22. The maximum Gasteiger partial charge on any atom is 0.182 e. The highest BCUT2D eigenvalue weighted by molar-refractivity contribution is 7.15. The highest BCUT2D eigenvalue weighted by atomic mass is 32.1. The molecule has 0 radical (unpaired) electrons. The van der Waals surface area contributed by atoms with Gasteiger partial charge in [0.15, 0.2) is 11.6 Å². The minimum absolute atomic E-state index is 0.548. The summed E-state index contributed by atoms with van der Waals surface area (Å²) in [5.41, 5.74) is 8.48. The average Bonchev–Trinajstić information content (AvgIpc) is 2.93. The third-order valence-electron chi connectivity index (χ3n) is 3.40. The lowest BCUT2D eigenvalue weighted by Gasteiger charge is -2.03. The fourth-order valence-corrected chi connectivity index (χ4v) is 3.82. The average molecular weight is 262 g/mol. The maximum atomic E-state index is 5.92. The van der Waals surface area contributed by atoms with E-state index in [-0.39, 0.29) is 0 Å². The number of rotatable bonds is 3. The van der Waals surface area contributed by atoms with Crippen molar-refractivity contribution in [3.05, 3.63) is 22.1 Å². The fourth-order valence-electron chi connectivity index (χ4n) is 2.56. The van der Waals surface area contributed by atoms with Crippen molar-refractivity contribution in [1.82, 2.24) is 5.16 Å². The summed E-state index contributed by atoms with van der Waals surface area (Å²) >= 11 is 1.84. The van der Waals surface area contributed by atoms with Gasteiger partial charge in [0.1, 0.15) is 0 Å². The van der Waals surface area contributed by atoms with E-state index >= 15 is 0 Å². The zero-order chi connectivity index (χ0) is 12.7. The number of fused-ring (bicyclic) bond motifs is 1. The monoisotopic (exact) mass is 262 g/mol. The molecule has 3 nitrogen and oxygen atoms in total. The first-order valence-corrected chi connectivity index (χ1v) is 7.32. The number of nitrogen functional groups attached to an aromatic ring is 1. The maximum absolute atomic E-state index is 5.92. The molecule has 96 valence electrons. The lowest BCUT2D eigenvalue weighted by molar-refractivity contribution is 0.435. The van der Waals surface area contributed by atoms with E-state index in [0.717, 1.165) is 17.7 Å². The van der Waals surface area contributed by atoms with Gasteiger partial charge in [-0.3, -0.25) is 0 Å². The summed E-state index contributed by atoms with van der Waals surface area (Å²) in [6.45, 7) is 4.37. The lowest BCUT2D eigenvalue weighted by atomic mass is 10.0. The Labute approximate surface area is 111 Å². The van der Waals surface area contributed by atoms with E-state index < -0.39 is 0 Å². The molecule has 4 heteroatoms. The molecule has 0 saturated carbocycles. The highest BCUT2D eigenvalue weighted by Crippen LogP contribution is 2.39. The Bertz CT molecular complexity index is 547. The first kappa shape index (κ1) is 11.8. The van der Waals surface area contributed by atoms with E-state index in [4.69, 9.17) is 10.3 Å². The van der Waals surface area contributed by atoms with Crippen molar-refractivity contribution >= 4 is 17.2 Å². The first-order valence-electron chi connectivity index (χ1n) is 6.51. The molecule has 3 rings (SSSR count). The topological polar surface area (TPSA) is 52.0 Å². The van der Waals surface area contributed by atoms with Gasteiger partial charge < -0.3 is 10.3 Å². The van der Waals surface area contributed by atoms with E-state index in [9.17, 15) is 0 Å². The fraction of sp³-hybridized carbons (Fsp3) is 0.500. The molecule has 0 bridgehead atoms. The van der Waals surface area contributed by atoms with Gasteiger partial charge in [0.05, 0.1) is 4.88 Å². The minimum Gasteiger partial charge on any atom is -0.381 e. The number of thiophene rings is 1. The molecule has 2 aromatic rings. The van der Waals surface area contributed by atoms with Gasteiger partial charge in [-0.15, -0.1) is 11.3 Å². The van der Waals surface area contributed by atoms with Gasteiger partial charge in [0.25, 0.3) is 0 Å². The molecule has 1 aliphatic rings. The van der Waals surface area contributed by atoms with Crippen LogP contribution in [0.15, 0.2) is 10.6 Å². The smallest absolute Gasteiger partial charge is 0.182 e. The summed E-state index contributed by atoms with van der Waals surface area (Å²) in [7, 11) is 0. The van der Waals surface area contributed by atoms with Crippen molar-refractivity contribution in [3.8, 4) is 10.6 Å². The molecule has 0 unspecified atom stereocenters. The Morgan fingerprint density at radius 2 is 2.28 bits per heavy atom. The van der Waals surface area contributed by atoms with Crippen LogP contribution in [0.25, 0.3) is 10.6 Å². The molecule has 0 fully saturated rings. The summed E-state index contributed by atoms with van der Waals surface area (Å²) in [6, 6.07) is 2.26. The Morgan fingerprint density at radius 3 is 3.00 bits per heavy atom. The van der Waals surface area contributed by atoms with Gasteiger partial charge in [0.2, 0.25) is 0 Å². The van der Waals surface area contributed by atoms with Crippen LogP contribution in [-0.4, -0.2) is 5.16 Å². The van der Waals surface area contributed by atoms with Crippen LogP contribution in [0.3, 0.4) is 0 Å². The van der Waals surface area contributed by atoms with Crippen LogP contribution in [-0.2, 0) is 19.3 Å². The van der Waals surface area contributed by atoms with Crippen LogP contribution in [0.5, 0.6) is 0 Å². The summed E-state index contributed by atoms with van der Waals surface area (Å²) in [6.07, 6.45) is 4.63. The third-order valence-corrected chi connectivity index (χ3v) is 4.64. The van der Waals surface area contributed by atoms with Gasteiger partial charge in [-0.05, 0) is 43.2 Å². The molecule has 0 amide bonds. The van der Waals surface area contributed by atoms with Gasteiger partial charge in [-0.25, -0.2) is 0 Å². The number of nitrogens with two attached hydrogens (primary N) is 1. The van der Waals surface area contributed by atoms with Crippen molar-refractivity contribution in [2.75, 3.05) is 5.73 Å².